The van der Waals surface area contributed by atoms with Crippen LogP contribution in [0.3, 0.4) is 0 Å². The van der Waals surface area contributed by atoms with Crippen LogP contribution >= 0.6 is 22.6 Å². The Hall–Kier alpha value is -0.620. The van der Waals surface area contributed by atoms with Gasteiger partial charge in [0, 0.05) is 10.1 Å². The highest BCUT2D eigenvalue weighted by Gasteiger charge is 2.18. The second kappa shape index (κ2) is 6.52. The minimum Gasteiger partial charge on any atom is -0.458 e. The predicted octanol–water partition coefficient (Wildman–Crippen LogP) is 2.93. The average molecular weight is 359 g/mol. The molecule has 1 aliphatic heterocycles. The molecule has 18 heavy (non-hydrogen) atoms. The van der Waals surface area contributed by atoms with Crippen molar-refractivity contribution < 1.29 is 9.53 Å². The molecule has 1 fully saturated rings. The summed E-state index contributed by atoms with van der Waals surface area (Å²) >= 11 is 2.16. The van der Waals surface area contributed by atoms with Gasteiger partial charge in [-0.3, -0.25) is 4.90 Å². The third kappa shape index (κ3) is 3.68. The molecule has 0 saturated carbocycles. The SMILES string of the molecule is C[C@H](CN1CCCC1)OC(=O)c1ccccc1I. The normalized spacial score (nSPS) is 17.7. The van der Waals surface area contributed by atoms with Crippen LogP contribution in [-0.2, 0) is 4.74 Å². The number of nitrogens with zero attached hydrogens (tertiary/aromatic N) is 1. The molecular formula is C14H18INO2. The van der Waals surface area contributed by atoms with E-state index >= 15 is 0 Å². The van der Waals surface area contributed by atoms with Crippen molar-refractivity contribution in [3.8, 4) is 0 Å². The molecule has 0 unspecified atom stereocenters. The molecule has 1 atom stereocenters. The van der Waals surface area contributed by atoms with E-state index in [2.05, 4.69) is 27.5 Å². The van der Waals surface area contributed by atoms with Crippen molar-refractivity contribution in [1.82, 2.24) is 4.90 Å². The van der Waals surface area contributed by atoms with E-state index in [0.717, 1.165) is 23.2 Å². The summed E-state index contributed by atoms with van der Waals surface area (Å²) in [5.41, 5.74) is 0.659. The zero-order valence-corrected chi connectivity index (χ0v) is 12.7. The lowest BCUT2D eigenvalue weighted by molar-refractivity contribution is 0.0270. The van der Waals surface area contributed by atoms with Gasteiger partial charge in [0.05, 0.1) is 5.56 Å². The van der Waals surface area contributed by atoms with Crippen molar-refractivity contribution in [2.24, 2.45) is 0 Å². The number of hydrogen-bond acceptors (Lipinski definition) is 3. The van der Waals surface area contributed by atoms with Crippen LogP contribution < -0.4 is 0 Å². The van der Waals surface area contributed by atoms with Crippen LogP contribution in [0.15, 0.2) is 24.3 Å². The average Bonchev–Trinajstić information content (AvgIpc) is 2.82. The maximum Gasteiger partial charge on any atom is 0.339 e. The topological polar surface area (TPSA) is 29.5 Å². The predicted molar refractivity (Wildman–Crippen MR) is 79.7 cm³/mol. The van der Waals surface area contributed by atoms with Gasteiger partial charge in [-0.25, -0.2) is 4.79 Å². The smallest absolute Gasteiger partial charge is 0.339 e. The minimum absolute atomic E-state index is 0.0494. The molecule has 0 N–H and O–H groups in total. The van der Waals surface area contributed by atoms with Gasteiger partial charge in [-0.2, -0.15) is 0 Å². The van der Waals surface area contributed by atoms with Gasteiger partial charge in [-0.1, -0.05) is 12.1 Å². The number of ether oxygens (including phenoxy) is 1. The van der Waals surface area contributed by atoms with Gasteiger partial charge in [0.2, 0.25) is 0 Å². The fraction of sp³-hybridized carbons (Fsp3) is 0.500. The maximum absolute atomic E-state index is 12.0. The van der Waals surface area contributed by atoms with Gasteiger partial charge in [-0.15, -0.1) is 0 Å². The van der Waals surface area contributed by atoms with Crippen LogP contribution in [0.25, 0.3) is 0 Å². The van der Waals surface area contributed by atoms with E-state index in [9.17, 15) is 4.79 Å². The summed E-state index contributed by atoms with van der Waals surface area (Å²) in [4.78, 5) is 14.4. The Morgan fingerprint density at radius 1 is 1.39 bits per heavy atom. The zero-order valence-electron chi connectivity index (χ0n) is 10.6. The number of benzene rings is 1. The molecule has 0 aromatic heterocycles. The fourth-order valence-electron chi connectivity index (χ4n) is 2.24. The number of halogens is 1. The number of carbonyl (C=O) groups is 1. The van der Waals surface area contributed by atoms with Crippen molar-refractivity contribution in [2.45, 2.75) is 25.9 Å². The lowest BCUT2D eigenvalue weighted by Crippen LogP contribution is -2.31. The Kier molecular flexibility index (Phi) is 5.00. The van der Waals surface area contributed by atoms with E-state index in [4.69, 9.17) is 4.74 Å². The van der Waals surface area contributed by atoms with Gasteiger partial charge < -0.3 is 4.74 Å². The molecule has 1 aromatic rings. The highest BCUT2D eigenvalue weighted by atomic mass is 127. The summed E-state index contributed by atoms with van der Waals surface area (Å²) in [5, 5.41) is 0. The molecule has 0 amide bonds. The van der Waals surface area contributed by atoms with Gasteiger partial charge in [0.25, 0.3) is 0 Å². The minimum atomic E-state index is -0.216. The summed E-state index contributed by atoms with van der Waals surface area (Å²) in [7, 11) is 0. The van der Waals surface area contributed by atoms with E-state index < -0.39 is 0 Å². The second-order valence-corrected chi connectivity index (χ2v) is 5.87. The summed E-state index contributed by atoms with van der Waals surface area (Å²) in [6.07, 6.45) is 2.47. The van der Waals surface area contributed by atoms with Crippen LogP contribution in [0.1, 0.15) is 30.1 Å². The third-order valence-electron chi connectivity index (χ3n) is 3.12. The highest BCUT2D eigenvalue weighted by molar-refractivity contribution is 14.1. The highest BCUT2D eigenvalue weighted by Crippen LogP contribution is 2.14. The van der Waals surface area contributed by atoms with Crippen molar-refractivity contribution in [3.63, 3.8) is 0 Å². The van der Waals surface area contributed by atoms with E-state index in [1.54, 1.807) is 0 Å². The molecule has 4 heteroatoms. The van der Waals surface area contributed by atoms with Crippen LogP contribution in [0.4, 0.5) is 0 Å². The van der Waals surface area contributed by atoms with Crippen LogP contribution in [0.2, 0.25) is 0 Å². The number of esters is 1. The zero-order chi connectivity index (χ0) is 13.0. The summed E-state index contributed by atoms with van der Waals surface area (Å²) in [5.74, 6) is -0.216. The van der Waals surface area contributed by atoms with Crippen molar-refractivity contribution in [3.05, 3.63) is 33.4 Å². The summed E-state index contributed by atoms with van der Waals surface area (Å²) in [6.45, 7) is 5.07. The van der Waals surface area contributed by atoms with Crippen LogP contribution in [-0.4, -0.2) is 36.6 Å². The van der Waals surface area contributed by atoms with Crippen molar-refractivity contribution in [2.75, 3.05) is 19.6 Å². The van der Waals surface area contributed by atoms with E-state index in [1.165, 1.54) is 12.8 Å². The van der Waals surface area contributed by atoms with Gasteiger partial charge >= 0.3 is 5.97 Å². The molecule has 3 nitrogen and oxygen atoms in total. The van der Waals surface area contributed by atoms with Crippen molar-refractivity contribution >= 4 is 28.6 Å². The number of rotatable bonds is 4. The first-order chi connectivity index (χ1) is 8.66. The Balaban J connectivity index is 1.88. The standard InChI is InChI=1S/C14H18INO2/c1-11(10-16-8-4-5-9-16)18-14(17)12-6-2-3-7-13(12)15/h2-3,6-7,11H,4-5,8-10H2,1H3/t11-/m1/s1. The molecule has 1 aromatic carbocycles. The first kappa shape index (κ1) is 13.8. The molecule has 0 aliphatic carbocycles. The molecule has 0 bridgehead atoms. The van der Waals surface area contributed by atoms with Gasteiger partial charge in [0.15, 0.2) is 0 Å². The molecule has 0 radical (unpaired) electrons. The lowest BCUT2D eigenvalue weighted by atomic mass is 10.2. The van der Waals surface area contributed by atoms with E-state index in [1.807, 2.05) is 31.2 Å². The monoisotopic (exact) mass is 359 g/mol. The van der Waals surface area contributed by atoms with Gasteiger partial charge in [-0.05, 0) is 67.6 Å². The van der Waals surface area contributed by atoms with Crippen LogP contribution in [0.5, 0.6) is 0 Å². The fourth-order valence-corrected chi connectivity index (χ4v) is 2.85. The third-order valence-corrected chi connectivity index (χ3v) is 4.06. The lowest BCUT2D eigenvalue weighted by Gasteiger charge is -2.20. The summed E-state index contributed by atoms with van der Waals surface area (Å²) in [6, 6.07) is 7.52. The second-order valence-electron chi connectivity index (χ2n) is 4.70. The maximum atomic E-state index is 12.0. The van der Waals surface area contributed by atoms with Crippen LogP contribution in [0, 0.1) is 3.57 Å². The van der Waals surface area contributed by atoms with Crippen molar-refractivity contribution in [1.29, 1.82) is 0 Å². The number of likely N-dealkylation sites (tertiary alicyclic amines) is 1. The first-order valence-corrected chi connectivity index (χ1v) is 7.42. The number of carbonyl (C=O) groups excluding carboxylic acids is 1. The molecule has 1 saturated heterocycles. The Morgan fingerprint density at radius 3 is 2.72 bits per heavy atom. The Bertz CT molecular complexity index is 416. The molecule has 1 heterocycles. The molecule has 98 valence electrons. The largest absolute Gasteiger partial charge is 0.458 e. The molecule has 1 aliphatic rings. The first-order valence-electron chi connectivity index (χ1n) is 6.34. The Labute approximate surface area is 122 Å². The van der Waals surface area contributed by atoms with E-state index in [-0.39, 0.29) is 12.1 Å². The Morgan fingerprint density at radius 2 is 2.06 bits per heavy atom. The number of hydrogen-bond donors (Lipinski definition) is 0. The quantitative estimate of drug-likeness (QED) is 0.612. The van der Waals surface area contributed by atoms with Gasteiger partial charge in [0.1, 0.15) is 6.10 Å². The van der Waals surface area contributed by atoms with E-state index in [0.29, 0.717) is 5.56 Å². The molecule has 2 rings (SSSR count). The summed E-state index contributed by atoms with van der Waals surface area (Å²) < 4.78 is 6.43. The molecule has 0 spiro atoms. The molecular weight excluding hydrogens is 341 g/mol.